The number of hydrogen-bond acceptors (Lipinski definition) is 12. The molecule has 0 aliphatic carbocycles. The number of aryl methyl sites for hydroxylation is 15. The second-order valence-corrected chi connectivity index (χ2v) is 29.4. The Kier molecular flexibility index (Phi) is 26.8. The summed E-state index contributed by atoms with van der Waals surface area (Å²) in [6, 6.07) is 48.8. The maximum absolute atomic E-state index is 6.36. The van der Waals surface area contributed by atoms with E-state index in [0.717, 1.165) is 177 Å². The molecule has 0 saturated heterocycles. The second-order valence-electron chi connectivity index (χ2n) is 28.9. The number of rotatable bonds is 17. The Morgan fingerprint density at radius 2 is 0.436 bits per heavy atom. The zero-order valence-corrected chi connectivity index (χ0v) is 70.5. The van der Waals surface area contributed by atoms with Crippen LogP contribution in [0.2, 0.25) is 5.02 Å². The fourth-order valence-electron chi connectivity index (χ4n) is 12.6. The third-order valence-electron chi connectivity index (χ3n) is 19.5. The lowest BCUT2D eigenvalue weighted by molar-refractivity contribution is 0.711. The normalized spacial score (nSPS) is 12.7. The van der Waals surface area contributed by atoms with Crippen LogP contribution in [-0.4, -0.2) is 103 Å². The average Bonchev–Trinajstić information content (AvgIpc) is 1.33. The molecule has 0 spiro atoms. The quantitative estimate of drug-likeness (QED) is 0.0820. The largest absolute Gasteiger partial charge is 0.245 e. The molecule has 0 aromatic carbocycles. The molecule has 0 aliphatic rings. The molecule has 0 saturated carbocycles. The van der Waals surface area contributed by atoms with E-state index >= 15 is 0 Å². The van der Waals surface area contributed by atoms with Crippen molar-refractivity contribution in [1.82, 2.24) is 57.3 Å². The third kappa shape index (κ3) is 19.7. The molecule has 0 radical (unpaired) electrons. The highest BCUT2D eigenvalue weighted by atomic mass is 35.5. The van der Waals surface area contributed by atoms with Gasteiger partial charge in [-0.15, -0.1) is 0 Å². The van der Waals surface area contributed by atoms with Crippen LogP contribution in [-0.2, 0) is 0 Å². The predicted octanol–water partition coefficient (Wildman–Crippen LogP) is 20.2. The van der Waals surface area contributed by atoms with E-state index in [1.165, 1.54) is 22.4 Å². The lowest BCUT2D eigenvalue weighted by Crippen LogP contribution is -2.10. The Morgan fingerprint density at radius 3 is 0.655 bits per heavy atom. The molecule has 0 aliphatic heterocycles. The summed E-state index contributed by atoms with van der Waals surface area (Å²) in [5.74, 6) is 0.408. The summed E-state index contributed by atoms with van der Waals surface area (Å²) < 4.78 is 15.7. The van der Waals surface area contributed by atoms with Crippen LogP contribution in [0, 0.1) is 125 Å². The highest BCUT2D eigenvalue weighted by Crippen LogP contribution is 2.23. The molecule has 0 amide bonds. The van der Waals surface area contributed by atoms with Crippen molar-refractivity contribution in [2.24, 2.45) is 40.8 Å². The van der Waals surface area contributed by atoms with Crippen molar-refractivity contribution in [3.63, 3.8) is 0 Å². The molecule has 0 fully saturated rings. The zero-order valence-electron chi connectivity index (χ0n) is 69.8. The van der Waals surface area contributed by atoms with Crippen molar-refractivity contribution >= 4 is 57.3 Å². The van der Waals surface area contributed by atoms with E-state index in [0.29, 0.717) is 10.9 Å². The average molecular weight is 1490 g/mol. The lowest BCUT2D eigenvalue weighted by atomic mass is 10.1. The number of nitrogens with zero attached hydrogens (tertiary/aromatic N) is 20. The fourth-order valence-corrected chi connectivity index (χ4v) is 12.8. The molecule has 0 unspecified atom stereocenters. The van der Waals surface area contributed by atoms with Gasteiger partial charge in [0.25, 0.3) is 0 Å². The van der Waals surface area contributed by atoms with Crippen molar-refractivity contribution in [2.75, 3.05) is 0 Å². The molecular formula is C89H109ClN20. The van der Waals surface area contributed by atoms with Crippen LogP contribution in [0.15, 0.2) is 186 Å². The third-order valence-corrected chi connectivity index (χ3v) is 19.8. The van der Waals surface area contributed by atoms with Crippen molar-refractivity contribution in [3.05, 3.63) is 304 Å². The zero-order chi connectivity index (χ0) is 80.4. The van der Waals surface area contributed by atoms with Gasteiger partial charge in [0.1, 0.15) is 0 Å². The summed E-state index contributed by atoms with van der Waals surface area (Å²) in [6.45, 7) is 57.4. The van der Waals surface area contributed by atoms with Gasteiger partial charge in [-0.25, -0.2) is 57.3 Å². The molecule has 0 bridgehead atoms. The number of hydrogen-bond donors (Lipinski definition) is 0. The van der Waals surface area contributed by atoms with Crippen LogP contribution < -0.4 is 0 Å². The summed E-state index contributed by atoms with van der Waals surface area (Å²) in [4.78, 5) is 19.1. The highest BCUT2D eigenvalue weighted by Gasteiger charge is 2.17. The maximum Gasteiger partial charge on any atom is 0.0882 e. The van der Waals surface area contributed by atoms with Crippen LogP contribution in [0.4, 0.5) is 0 Å². The molecule has 0 atom stereocenters. The van der Waals surface area contributed by atoms with Gasteiger partial charge in [-0.2, -0.15) is 40.8 Å². The van der Waals surface area contributed by atoms with Gasteiger partial charge in [0.2, 0.25) is 0 Å². The van der Waals surface area contributed by atoms with E-state index in [-0.39, 0.29) is 0 Å². The Labute approximate surface area is 655 Å². The minimum atomic E-state index is 0.408. The first-order valence-corrected chi connectivity index (χ1v) is 37.7. The van der Waals surface area contributed by atoms with Crippen LogP contribution in [0.5, 0.6) is 0 Å². The van der Waals surface area contributed by atoms with E-state index in [4.69, 9.17) is 72.3 Å². The van der Waals surface area contributed by atoms with Gasteiger partial charge in [-0.05, 0) is 330 Å². The first kappa shape index (κ1) is 82.5. The van der Waals surface area contributed by atoms with Crippen LogP contribution in [0.25, 0.3) is 0 Å². The molecular weight excluding hydrogens is 1380 g/mol. The van der Waals surface area contributed by atoms with Crippen molar-refractivity contribution in [3.8, 4) is 0 Å². The van der Waals surface area contributed by atoms with Gasteiger partial charge >= 0.3 is 0 Å². The number of halogens is 1. The first-order chi connectivity index (χ1) is 52.0. The number of aromatic nitrogens is 12. The van der Waals surface area contributed by atoms with Crippen molar-refractivity contribution < 1.29 is 0 Å². The van der Waals surface area contributed by atoms with Gasteiger partial charge in [-0.1, -0.05) is 43.6 Å². The minimum absolute atomic E-state index is 0.408. The van der Waals surface area contributed by atoms with Gasteiger partial charge < -0.3 is 0 Å². The Morgan fingerprint density at radius 1 is 0.245 bits per heavy atom. The summed E-state index contributed by atoms with van der Waals surface area (Å²) in [5.41, 5.74) is 35.0. The van der Waals surface area contributed by atoms with E-state index in [2.05, 4.69) is 138 Å². The molecule has 21 heteroatoms. The topological polar surface area (TPSA) is 190 Å². The number of pyridine rings is 4. The van der Waals surface area contributed by atoms with Crippen LogP contribution in [0.3, 0.4) is 0 Å². The molecule has 12 heterocycles. The van der Waals surface area contributed by atoms with Gasteiger partial charge in [0, 0.05) is 96.1 Å². The summed E-state index contributed by atoms with van der Waals surface area (Å²) >= 11 is 6.36. The molecule has 20 nitrogen and oxygen atoms in total. The van der Waals surface area contributed by atoms with Crippen LogP contribution >= 0.6 is 11.6 Å². The highest BCUT2D eigenvalue weighted by molar-refractivity contribution is 6.31. The van der Waals surface area contributed by atoms with E-state index < -0.39 is 0 Å². The standard InChI is InChI=1S/C24H31N5.C23H29N5.C21H24ClN5.C21H25N5/c1-15(2)24-13-12-17(4)29(24)27-20(7)23-11-9-10-22(25-23)19(6)26-28-18(5)14-16(3)21(28)8;1-14-12-16(3)27(20(14)7)25-18(5)22-10-9-11-23(24-22)19(6)26-28-17(4)13-15(2)21(28)8;1-13-7-8-14(2)26(13)24-17(5)20-11-19(22)12-21(23-20)18(6)25-27-15(3)9-10-16(27)4;1-14-10-11-15(2)25(14)23-18(5)20-8-7-9-21(22-20)19(6)24-26-16(3)12-13-17(26)4/h9-15H,1-8H3;9-13H,1-8H3;7-12H,1-6H3;7-13H,1-6H3/b26-19+,27-20+;25-18+,26-19+;24-17+,25-18+;23-18+,24-19+. The fraction of sp³-hybridized carbons (Fsp3) is 0.326. The monoisotopic (exact) mass is 1490 g/mol. The van der Waals surface area contributed by atoms with E-state index in [9.17, 15) is 0 Å². The van der Waals surface area contributed by atoms with Crippen molar-refractivity contribution in [2.45, 2.75) is 200 Å². The second kappa shape index (κ2) is 35.7. The van der Waals surface area contributed by atoms with E-state index in [1.807, 2.05) is 239 Å². The summed E-state index contributed by atoms with van der Waals surface area (Å²) in [7, 11) is 0. The van der Waals surface area contributed by atoms with Gasteiger partial charge in [-0.3, -0.25) is 0 Å². The molecule has 0 N–H and O–H groups in total. The Balaban J connectivity index is 0.000000169. The molecule has 572 valence electrons. The van der Waals surface area contributed by atoms with Gasteiger partial charge in [0.05, 0.1) is 91.2 Å². The maximum atomic E-state index is 6.36. The lowest BCUT2D eigenvalue weighted by Gasteiger charge is -2.11. The minimum Gasteiger partial charge on any atom is -0.245 e. The van der Waals surface area contributed by atoms with Crippen molar-refractivity contribution in [1.29, 1.82) is 0 Å². The summed E-state index contributed by atoms with van der Waals surface area (Å²) in [5, 5.41) is 38.7. The smallest absolute Gasteiger partial charge is 0.0882 e. The predicted molar refractivity (Wildman–Crippen MR) is 458 cm³/mol. The van der Waals surface area contributed by atoms with Crippen LogP contribution in [0.1, 0.15) is 228 Å². The molecule has 12 rings (SSSR count). The summed E-state index contributed by atoms with van der Waals surface area (Å²) in [6.07, 6.45) is 0. The molecule has 110 heavy (non-hydrogen) atoms. The van der Waals surface area contributed by atoms with Gasteiger partial charge in [0.15, 0.2) is 0 Å². The SMILES string of the molecule is C/C(=N\n1c(C)cc(C)c1C)c1cccc(/C(C)=N/n2c(C)cc(C)c2C)n1.C/C(=N\n1c(C)ccc1C(C)C)c1cccc(/C(C)=N/n2c(C)cc(C)c2C)n1.C/C(=N\n1c(C)ccc1C)c1cc(Cl)cc(/C(C)=N/n2c(C)ccc2C)n1.C/C(=N\n1c(C)ccc1C)c1cccc(/C(C)=N/n2c(C)ccc2C)n1. The first-order valence-electron chi connectivity index (χ1n) is 37.3. The Bertz CT molecular complexity index is 5290. The van der Waals surface area contributed by atoms with E-state index in [1.54, 1.807) is 0 Å². The molecule has 12 aromatic rings. The Hall–Kier alpha value is -11.5. The molecule has 12 aromatic heterocycles.